The molecule has 0 spiro atoms. The number of hydrogen-bond donors (Lipinski definition) is 1. The molecule has 2 nitrogen and oxygen atoms in total. The van der Waals surface area contributed by atoms with Gasteiger partial charge in [-0.15, -0.1) is 0 Å². The van der Waals surface area contributed by atoms with Crippen molar-refractivity contribution in [3.05, 3.63) is 0 Å². The molecule has 0 saturated heterocycles. The van der Waals surface area contributed by atoms with Crippen LogP contribution in [0.15, 0.2) is 0 Å². The Hall–Kier alpha value is -0.0800. The fourth-order valence-electron chi connectivity index (χ4n) is 2.45. The fraction of sp³-hybridized carbons (Fsp3) is 1.00. The van der Waals surface area contributed by atoms with Gasteiger partial charge >= 0.3 is 0 Å². The van der Waals surface area contributed by atoms with E-state index in [1.54, 1.807) is 0 Å². The van der Waals surface area contributed by atoms with E-state index in [-0.39, 0.29) is 6.10 Å². The number of aliphatic hydroxyl groups is 1. The lowest BCUT2D eigenvalue weighted by Gasteiger charge is -2.35. The molecule has 2 atom stereocenters. The average molecular weight is 183 g/mol. The normalized spacial score (nSPS) is 35.3. The molecule has 2 saturated carbocycles. The van der Waals surface area contributed by atoms with Gasteiger partial charge in [-0.2, -0.15) is 0 Å². The van der Waals surface area contributed by atoms with Crippen molar-refractivity contribution in [2.75, 3.05) is 13.6 Å². The first-order valence-corrected chi connectivity index (χ1v) is 5.65. The summed E-state index contributed by atoms with van der Waals surface area (Å²) in [5.41, 5.74) is 0. The third kappa shape index (κ3) is 2.44. The van der Waals surface area contributed by atoms with Crippen LogP contribution >= 0.6 is 0 Å². The van der Waals surface area contributed by atoms with Crippen molar-refractivity contribution in [1.82, 2.24) is 4.90 Å². The maximum atomic E-state index is 9.83. The Bertz CT molecular complexity index is 167. The van der Waals surface area contributed by atoms with E-state index < -0.39 is 0 Å². The molecule has 2 rings (SSSR count). The number of nitrogens with zero attached hydrogens (tertiary/aromatic N) is 1. The quantitative estimate of drug-likeness (QED) is 0.719. The molecular formula is C11H21NO. The van der Waals surface area contributed by atoms with E-state index in [0.29, 0.717) is 6.04 Å². The zero-order valence-electron chi connectivity index (χ0n) is 8.58. The highest BCUT2D eigenvalue weighted by Gasteiger charge is 2.30. The first-order chi connectivity index (χ1) is 6.27. The van der Waals surface area contributed by atoms with E-state index in [4.69, 9.17) is 0 Å². The number of likely N-dealkylation sites (N-methyl/N-ethyl adjacent to an activating group) is 1. The van der Waals surface area contributed by atoms with Crippen LogP contribution in [0.25, 0.3) is 0 Å². The molecular weight excluding hydrogens is 162 g/mol. The Morgan fingerprint density at radius 1 is 1.15 bits per heavy atom. The first kappa shape index (κ1) is 9.47. The van der Waals surface area contributed by atoms with Gasteiger partial charge in [-0.05, 0) is 38.6 Å². The van der Waals surface area contributed by atoms with Crippen LogP contribution in [0.3, 0.4) is 0 Å². The van der Waals surface area contributed by atoms with Crippen molar-refractivity contribution in [3.8, 4) is 0 Å². The van der Waals surface area contributed by atoms with E-state index in [9.17, 15) is 5.11 Å². The van der Waals surface area contributed by atoms with Gasteiger partial charge in [-0.3, -0.25) is 0 Å². The molecule has 0 aromatic rings. The third-order valence-corrected chi connectivity index (χ3v) is 3.50. The van der Waals surface area contributed by atoms with Crippen LogP contribution in [0.2, 0.25) is 0 Å². The Balaban J connectivity index is 1.81. The second-order valence-electron chi connectivity index (χ2n) is 4.80. The van der Waals surface area contributed by atoms with Crippen molar-refractivity contribution in [1.29, 1.82) is 0 Å². The SMILES string of the molecule is CN(CC1CC1)[C@H]1CCCC[C@@H]1O. The summed E-state index contributed by atoms with van der Waals surface area (Å²) >= 11 is 0. The minimum atomic E-state index is -0.0579. The minimum absolute atomic E-state index is 0.0579. The molecule has 1 N–H and O–H groups in total. The summed E-state index contributed by atoms with van der Waals surface area (Å²) < 4.78 is 0. The molecule has 0 bridgehead atoms. The predicted octanol–water partition coefficient (Wildman–Crippen LogP) is 1.63. The number of rotatable bonds is 3. The van der Waals surface area contributed by atoms with Gasteiger partial charge in [-0.25, -0.2) is 0 Å². The Labute approximate surface area is 80.9 Å². The molecule has 0 unspecified atom stereocenters. The van der Waals surface area contributed by atoms with Gasteiger partial charge in [0.1, 0.15) is 0 Å². The van der Waals surface area contributed by atoms with Gasteiger partial charge < -0.3 is 10.0 Å². The Morgan fingerprint density at radius 3 is 2.46 bits per heavy atom. The predicted molar refractivity (Wildman–Crippen MR) is 53.6 cm³/mol. The lowest BCUT2D eigenvalue weighted by Crippen LogP contribution is -2.44. The number of hydrogen-bond acceptors (Lipinski definition) is 2. The maximum absolute atomic E-state index is 9.83. The van der Waals surface area contributed by atoms with Gasteiger partial charge in [0, 0.05) is 12.6 Å². The molecule has 0 aromatic heterocycles. The van der Waals surface area contributed by atoms with Crippen LogP contribution in [0, 0.1) is 5.92 Å². The van der Waals surface area contributed by atoms with Crippen molar-refractivity contribution in [2.45, 2.75) is 50.7 Å². The summed E-state index contributed by atoms with van der Waals surface area (Å²) in [4.78, 5) is 2.39. The van der Waals surface area contributed by atoms with Crippen LogP contribution in [-0.2, 0) is 0 Å². The van der Waals surface area contributed by atoms with Crippen LogP contribution in [0.1, 0.15) is 38.5 Å². The average Bonchev–Trinajstić information content (AvgIpc) is 2.89. The highest BCUT2D eigenvalue weighted by Crippen LogP contribution is 2.31. The summed E-state index contributed by atoms with van der Waals surface area (Å²) in [5, 5.41) is 9.83. The lowest BCUT2D eigenvalue weighted by molar-refractivity contribution is 0.0304. The summed E-state index contributed by atoms with van der Waals surface area (Å²) in [5.74, 6) is 0.944. The molecule has 0 heterocycles. The Morgan fingerprint density at radius 2 is 1.85 bits per heavy atom. The van der Waals surface area contributed by atoms with Crippen LogP contribution in [0.5, 0.6) is 0 Å². The molecule has 0 aromatic carbocycles. The van der Waals surface area contributed by atoms with E-state index in [1.165, 1.54) is 38.6 Å². The molecule has 2 aliphatic rings. The molecule has 76 valence electrons. The monoisotopic (exact) mass is 183 g/mol. The van der Waals surface area contributed by atoms with E-state index >= 15 is 0 Å². The van der Waals surface area contributed by atoms with E-state index in [1.807, 2.05) is 0 Å². The second kappa shape index (κ2) is 3.97. The summed E-state index contributed by atoms with van der Waals surface area (Å²) in [6.45, 7) is 1.21. The van der Waals surface area contributed by atoms with Crippen molar-refractivity contribution in [2.24, 2.45) is 5.92 Å². The molecule has 2 aliphatic carbocycles. The standard InChI is InChI=1S/C11H21NO/c1-12(8-9-6-7-9)10-4-2-3-5-11(10)13/h9-11,13H,2-8H2,1H3/t10-,11-/m0/s1. The molecule has 0 amide bonds. The molecule has 13 heavy (non-hydrogen) atoms. The van der Waals surface area contributed by atoms with Crippen LogP contribution in [-0.4, -0.2) is 35.7 Å². The highest BCUT2D eigenvalue weighted by molar-refractivity contribution is 4.85. The molecule has 0 radical (unpaired) electrons. The van der Waals surface area contributed by atoms with E-state index in [0.717, 1.165) is 12.3 Å². The van der Waals surface area contributed by atoms with Crippen molar-refractivity contribution < 1.29 is 5.11 Å². The molecule has 2 heteroatoms. The topological polar surface area (TPSA) is 23.5 Å². The minimum Gasteiger partial charge on any atom is -0.391 e. The smallest absolute Gasteiger partial charge is 0.0695 e. The summed E-state index contributed by atoms with van der Waals surface area (Å²) in [6.07, 6.45) is 7.49. The van der Waals surface area contributed by atoms with Gasteiger partial charge in [0.15, 0.2) is 0 Å². The van der Waals surface area contributed by atoms with Crippen LogP contribution < -0.4 is 0 Å². The highest BCUT2D eigenvalue weighted by atomic mass is 16.3. The summed E-state index contributed by atoms with van der Waals surface area (Å²) in [7, 11) is 2.18. The van der Waals surface area contributed by atoms with Gasteiger partial charge in [0.25, 0.3) is 0 Å². The van der Waals surface area contributed by atoms with Crippen molar-refractivity contribution in [3.63, 3.8) is 0 Å². The second-order valence-corrected chi connectivity index (χ2v) is 4.80. The molecule has 2 fully saturated rings. The van der Waals surface area contributed by atoms with Gasteiger partial charge in [-0.1, -0.05) is 12.8 Å². The van der Waals surface area contributed by atoms with Gasteiger partial charge in [0.2, 0.25) is 0 Å². The largest absolute Gasteiger partial charge is 0.391 e. The zero-order chi connectivity index (χ0) is 9.26. The lowest BCUT2D eigenvalue weighted by atomic mass is 9.91. The Kier molecular flexibility index (Phi) is 2.89. The fourth-order valence-corrected chi connectivity index (χ4v) is 2.45. The van der Waals surface area contributed by atoms with E-state index in [2.05, 4.69) is 11.9 Å². The zero-order valence-corrected chi connectivity index (χ0v) is 8.58. The maximum Gasteiger partial charge on any atom is 0.0695 e. The number of aliphatic hydroxyl groups excluding tert-OH is 1. The van der Waals surface area contributed by atoms with Crippen molar-refractivity contribution >= 4 is 0 Å². The molecule has 0 aliphatic heterocycles. The first-order valence-electron chi connectivity index (χ1n) is 5.65. The van der Waals surface area contributed by atoms with Crippen LogP contribution in [0.4, 0.5) is 0 Å². The van der Waals surface area contributed by atoms with Gasteiger partial charge in [0.05, 0.1) is 6.10 Å². The third-order valence-electron chi connectivity index (χ3n) is 3.50. The summed E-state index contributed by atoms with van der Waals surface area (Å²) in [6, 6.07) is 0.453.